The number of nitrogens with zero attached hydrogens (tertiary/aromatic N) is 11. The fourth-order valence-electron chi connectivity index (χ4n) is 10.9. The van der Waals surface area contributed by atoms with Crippen LogP contribution in [0, 0.1) is 12.8 Å². The number of benzene rings is 1. The number of phenols is 1. The van der Waals surface area contributed by atoms with Crippen molar-refractivity contribution in [1.29, 1.82) is 0 Å². The summed E-state index contributed by atoms with van der Waals surface area (Å²) in [6, 6.07) is 17.8. The number of fused-ring (bicyclic) bond motifs is 2. The third-order valence-electron chi connectivity index (χ3n) is 14.8. The number of hydrogen-bond donors (Lipinski definition) is 4. The minimum Gasteiger partial charge on any atom is -0.507 e. The Kier molecular flexibility index (Phi) is 14.9. The van der Waals surface area contributed by atoms with E-state index in [1.807, 2.05) is 64.2 Å². The summed E-state index contributed by atoms with van der Waals surface area (Å²) in [7, 11) is 0. The van der Waals surface area contributed by atoms with Gasteiger partial charge in [0.05, 0.1) is 29.2 Å². The van der Waals surface area contributed by atoms with Crippen LogP contribution in [0.5, 0.6) is 17.5 Å². The van der Waals surface area contributed by atoms with Gasteiger partial charge in [0.2, 0.25) is 17.7 Å². The van der Waals surface area contributed by atoms with Gasteiger partial charge in [0, 0.05) is 113 Å². The molecule has 4 saturated heterocycles. The molecular weight excluding hydrogens is 947 g/mol. The van der Waals surface area contributed by atoms with Gasteiger partial charge >= 0.3 is 0 Å². The zero-order valence-electron chi connectivity index (χ0n) is 42.3. The molecule has 10 rings (SSSR count). The van der Waals surface area contributed by atoms with E-state index in [-0.39, 0.29) is 54.4 Å². The number of para-hydroxylation sites is 1. The lowest BCUT2D eigenvalue weighted by Gasteiger charge is -2.43. The van der Waals surface area contributed by atoms with E-state index < -0.39 is 24.1 Å². The van der Waals surface area contributed by atoms with Crippen LogP contribution in [0.3, 0.4) is 0 Å². The van der Waals surface area contributed by atoms with E-state index in [1.54, 1.807) is 24.4 Å². The van der Waals surface area contributed by atoms with Crippen molar-refractivity contribution in [2.75, 3.05) is 87.7 Å². The van der Waals surface area contributed by atoms with E-state index in [9.17, 15) is 19.8 Å². The number of amides is 2. The van der Waals surface area contributed by atoms with Crippen LogP contribution in [-0.2, 0) is 9.59 Å². The Balaban J connectivity index is 0.655. The van der Waals surface area contributed by atoms with Crippen LogP contribution >= 0.6 is 0 Å². The Morgan fingerprint density at radius 1 is 0.865 bits per heavy atom. The standard InChI is InChI=1S/C53H65N13O8/c1-32(2)49(53(70)65-30-39(67)24-44(65)52(69)58-33(3)35-9-12-41(56-27-35)50-34(4)57-31-73-50)46-26-48(61-74-46)72-22-20-63-17-15-62(16-18-63)19-21-71-47-23-36(13-14-55-47)66-37-10-11-38(66)29-64(28-37)43-25-42(59-60-51(43)54)40-7-5-6-8-45(40)68/h5-9,12-14,23,25-27,31-33,37-39,44,49,67-68H,10-11,15-22,24,28-30H2,1-4H3,(H2,54,60)(H,58,69)/t33-,37?,38?,39+,44-,49?/m0/s1. The van der Waals surface area contributed by atoms with Gasteiger partial charge in [-0.25, -0.2) is 9.97 Å². The van der Waals surface area contributed by atoms with Crippen molar-refractivity contribution < 1.29 is 38.2 Å². The number of aromatic nitrogens is 6. The van der Waals surface area contributed by atoms with Gasteiger partial charge in [0.15, 0.2) is 23.7 Å². The number of piperazine rings is 2. The lowest BCUT2D eigenvalue weighted by atomic mass is 9.91. The number of nitrogens with one attached hydrogen (secondary N) is 1. The molecule has 6 atom stereocenters. The van der Waals surface area contributed by atoms with Crippen molar-refractivity contribution in [3.05, 3.63) is 96.5 Å². The van der Waals surface area contributed by atoms with Gasteiger partial charge in [-0.05, 0) is 73.7 Å². The first-order valence-corrected chi connectivity index (χ1v) is 25.6. The highest BCUT2D eigenvalue weighted by Crippen LogP contribution is 2.40. The first-order chi connectivity index (χ1) is 35.9. The summed E-state index contributed by atoms with van der Waals surface area (Å²) < 4.78 is 23.4. The van der Waals surface area contributed by atoms with E-state index in [0.717, 1.165) is 81.3 Å². The van der Waals surface area contributed by atoms with E-state index >= 15 is 0 Å². The number of hydrogen-bond acceptors (Lipinski definition) is 19. The molecule has 0 saturated carbocycles. The number of aliphatic hydroxyl groups excluding tert-OH is 1. The van der Waals surface area contributed by atoms with Crippen LogP contribution < -0.4 is 30.3 Å². The lowest BCUT2D eigenvalue weighted by Crippen LogP contribution is -2.54. The van der Waals surface area contributed by atoms with Crippen molar-refractivity contribution in [3.8, 4) is 40.2 Å². The Labute approximate surface area is 429 Å². The lowest BCUT2D eigenvalue weighted by molar-refractivity contribution is -0.141. The maximum absolute atomic E-state index is 14.2. The maximum atomic E-state index is 14.2. The monoisotopic (exact) mass is 1010 g/mol. The first-order valence-electron chi connectivity index (χ1n) is 25.6. The molecule has 4 aliphatic heterocycles. The highest BCUT2D eigenvalue weighted by molar-refractivity contribution is 5.91. The molecule has 5 aromatic heterocycles. The molecule has 4 aliphatic rings. The summed E-state index contributed by atoms with van der Waals surface area (Å²) in [5.41, 5.74) is 11.7. The van der Waals surface area contributed by atoms with Crippen LogP contribution in [0.4, 0.5) is 17.2 Å². The second-order valence-corrected chi connectivity index (χ2v) is 20.1. The van der Waals surface area contributed by atoms with Crippen molar-refractivity contribution >= 4 is 29.0 Å². The molecule has 2 amide bonds. The number of pyridine rings is 2. The quantitative estimate of drug-likeness (QED) is 0.0912. The Morgan fingerprint density at radius 3 is 2.27 bits per heavy atom. The van der Waals surface area contributed by atoms with Gasteiger partial charge in [-0.3, -0.25) is 24.4 Å². The number of carbonyl (C=O) groups is 2. The number of likely N-dealkylation sites (tertiary alicyclic amines) is 1. The molecule has 4 fully saturated rings. The van der Waals surface area contributed by atoms with E-state index in [1.165, 1.54) is 11.3 Å². The molecule has 21 heteroatoms. The topological polar surface area (TPSA) is 251 Å². The Morgan fingerprint density at radius 2 is 1.59 bits per heavy atom. The number of carbonyl (C=O) groups excluding carboxylic acids is 2. The van der Waals surface area contributed by atoms with Gasteiger partial charge in [-0.15, -0.1) is 10.2 Å². The van der Waals surface area contributed by atoms with Gasteiger partial charge in [-0.1, -0.05) is 32.0 Å². The number of ether oxygens (including phenoxy) is 2. The third kappa shape index (κ3) is 10.9. The fourth-order valence-corrected chi connectivity index (χ4v) is 10.9. The summed E-state index contributed by atoms with van der Waals surface area (Å²) in [4.78, 5) is 52.1. The molecule has 9 heterocycles. The predicted molar refractivity (Wildman–Crippen MR) is 274 cm³/mol. The first kappa shape index (κ1) is 50.2. The molecule has 3 unspecified atom stereocenters. The average molecular weight is 1010 g/mol. The molecule has 21 nitrogen and oxygen atoms in total. The molecule has 0 radical (unpaired) electrons. The Hall–Kier alpha value is -7.36. The number of nitrogens with two attached hydrogens (primary N) is 1. The molecule has 6 aromatic rings. The van der Waals surface area contributed by atoms with Crippen LogP contribution in [0.15, 0.2) is 88.4 Å². The van der Waals surface area contributed by atoms with Gasteiger partial charge < -0.3 is 54.4 Å². The number of oxazole rings is 1. The van der Waals surface area contributed by atoms with E-state index in [0.29, 0.717) is 59.9 Å². The van der Waals surface area contributed by atoms with Crippen LogP contribution in [0.2, 0.25) is 0 Å². The average Bonchev–Trinajstić information content (AvgIpc) is 4.20. The molecule has 0 spiro atoms. The van der Waals surface area contributed by atoms with Crippen molar-refractivity contribution in [2.24, 2.45) is 5.92 Å². The number of aryl methyl sites for hydroxylation is 1. The number of aliphatic hydroxyl groups is 1. The van der Waals surface area contributed by atoms with Crippen LogP contribution in [-0.4, -0.2) is 163 Å². The number of nitrogen functional groups attached to an aromatic ring is 1. The smallest absolute Gasteiger partial charge is 0.254 e. The summed E-state index contributed by atoms with van der Waals surface area (Å²) in [6.45, 7) is 15.0. The van der Waals surface area contributed by atoms with Crippen molar-refractivity contribution in [2.45, 2.75) is 83.1 Å². The van der Waals surface area contributed by atoms with Gasteiger partial charge in [0.25, 0.3) is 5.88 Å². The molecule has 2 bridgehead atoms. The number of phenolic OH excluding ortho intramolecular Hbond substituents is 1. The van der Waals surface area contributed by atoms with Gasteiger partial charge in [-0.2, -0.15) is 0 Å². The fraction of sp³-hybridized carbons (Fsp3) is 0.472. The second kappa shape index (κ2) is 22.0. The minimum absolute atomic E-state index is 0.0280. The van der Waals surface area contributed by atoms with E-state index in [2.05, 4.69) is 67.4 Å². The predicted octanol–water partition coefficient (Wildman–Crippen LogP) is 4.68. The highest BCUT2D eigenvalue weighted by atomic mass is 16.5. The zero-order chi connectivity index (χ0) is 51.5. The number of anilines is 3. The highest BCUT2D eigenvalue weighted by Gasteiger charge is 2.44. The summed E-state index contributed by atoms with van der Waals surface area (Å²) in [5.74, 6) is 0.737. The van der Waals surface area contributed by atoms with E-state index in [4.69, 9.17) is 24.1 Å². The number of rotatable bonds is 18. The SMILES string of the molecule is Cc1ncoc1-c1ccc([C@H](C)NC(=O)[C@@H]2C[C@@H](O)CN2C(=O)C(c2cc(OCCN3CCN(CCOc4cc(N5C6CCC5CN(c5cc(-c7ccccc7O)nnc5N)C6)ccn4)CC3)no2)C(C)C)cn1. The third-order valence-corrected chi connectivity index (χ3v) is 14.8. The minimum atomic E-state index is -0.867. The molecule has 5 N–H and O–H groups in total. The molecule has 1 aromatic carbocycles. The van der Waals surface area contributed by atoms with Crippen LogP contribution in [0.25, 0.3) is 22.7 Å². The molecular formula is C53H65N13O8. The van der Waals surface area contributed by atoms with Crippen molar-refractivity contribution in [1.82, 2.24) is 50.3 Å². The van der Waals surface area contributed by atoms with Crippen LogP contribution in [0.1, 0.15) is 69.0 Å². The molecule has 74 heavy (non-hydrogen) atoms. The number of aromatic hydroxyl groups is 1. The normalized spacial score (nSPS) is 21.0. The maximum Gasteiger partial charge on any atom is 0.254 e. The van der Waals surface area contributed by atoms with Gasteiger partial charge in [0.1, 0.15) is 36.6 Å². The number of β-amino-alcohol motifs (C(OH)–C–C–N with tert-alkyl or cyclic N) is 1. The molecule has 390 valence electrons. The summed E-state index contributed by atoms with van der Waals surface area (Å²) >= 11 is 0. The Bertz CT molecular complexity index is 2880. The zero-order valence-corrected chi connectivity index (χ0v) is 42.3. The molecule has 0 aliphatic carbocycles. The van der Waals surface area contributed by atoms with Crippen molar-refractivity contribution in [3.63, 3.8) is 0 Å². The second-order valence-electron chi connectivity index (χ2n) is 20.1. The summed E-state index contributed by atoms with van der Waals surface area (Å²) in [6.07, 6.45) is 6.26. The summed E-state index contributed by atoms with van der Waals surface area (Å²) in [5, 5.41) is 36.8. The largest absolute Gasteiger partial charge is 0.507 e.